The lowest BCUT2D eigenvalue weighted by Crippen LogP contribution is -2.23. The lowest BCUT2D eigenvalue weighted by molar-refractivity contribution is -0.0250. The van der Waals surface area contributed by atoms with Crippen molar-refractivity contribution in [2.24, 2.45) is 0 Å². The SMILES string of the molecule is CCC(C)(C)OCCC[C@@H](O)c1ccccn1. The Hall–Kier alpha value is -0.930. The summed E-state index contributed by atoms with van der Waals surface area (Å²) in [6.45, 7) is 6.97. The van der Waals surface area contributed by atoms with Crippen molar-refractivity contribution in [3.05, 3.63) is 30.1 Å². The third-order valence-corrected chi connectivity index (χ3v) is 3.00. The van der Waals surface area contributed by atoms with E-state index in [1.165, 1.54) is 0 Å². The van der Waals surface area contributed by atoms with Crippen molar-refractivity contribution in [2.45, 2.75) is 51.7 Å². The average Bonchev–Trinajstić information content (AvgIpc) is 2.35. The Morgan fingerprint density at radius 3 is 2.76 bits per heavy atom. The normalized spacial score (nSPS) is 13.6. The first-order valence-electron chi connectivity index (χ1n) is 6.28. The van der Waals surface area contributed by atoms with Crippen LogP contribution in [0.5, 0.6) is 0 Å². The van der Waals surface area contributed by atoms with Gasteiger partial charge in [-0.15, -0.1) is 0 Å². The molecule has 0 bridgehead atoms. The molecule has 0 aromatic carbocycles. The Bertz CT molecular complexity index is 311. The van der Waals surface area contributed by atoms with Gasteiger partial charge in [-0.25, -0.2) is 0 Å². The van der Waals surface area contributed by atoms with E-state index in [0.717, 1.165) is 18.5 Å². The highest BCUT2D eigenvalue weighted by molar-refractivity contribution is 5.06. The van der Waals surface area contributed by atoms with E-state index in [0.29, 0.717) is 13.0 Å². The van der Waals surface area contributed by atoms with Crippen molar-refractivity contribution in [3.63, 3.8) is 0 Å². The van der Waals surface area contributed by atoms with Crippen LogP contribution < -0.4 is 0 Å². The van der Waals surface area contributed by atoms with E-state index in [1.807, 2.05) is 18.2 Å². The maximum atomic E-state index is 9.89. The maximum absolute atomic E-state index is 9.89. The molecule has 0 spiro atoms. The zero-order chi connectivity index (χ0) is 12.7. The lowest BCUT2D eigenvalue weighted by atomic mass is 10.1. The molecular weight excluding hydrogens is 214 g/mol. The molecule has 0 aliphatic heterocycles. The minimum atomic E-state index is -0.482. The average molecular weight is 237 g/mol. The molecule has 3 heteroatoms. The van der Waals surface area contributed by atoms with Gasteiger partial charge in [-0.1, -0.05) is 13.0 Å². The Morgan fingerprint density at radius 1 is 1.41 bits per heavy atom. The molecule has 0 saturated heterocycles. The topological polar surface area (TPSA) is 42.4 Å². The summed E-state index contributed by atoms with van der Waals surface area (Å²) in [7, 11) is 0. The van der Waals surface area contributed by atoms with Gasteiger partial charge in [-0.05, 0) is 45.2 Å². The Balaban J connectivity index is 2.24. The van der Waals surface area contributed by atoms with Crippen LogP contribution in [0.4, 0.5) is 0 Å². The van der Waals surface area contributed by atoms with Crippen molar-refractivity contribution in [1.82, 2.24) is 4.98 Å². The molecule has 1 heterocycles. The van der Waals surface area contributed by atoms with Crippen molar-refractivity contribution in [3.8, 4) is 0 Å². The minimum absolute atomic E-state index is 0.0596. The highest BCUT2D eigenvalue weighted by atomic mass is 16.5. The number of ether oxygens (including phenoxy) is 1. The molecule has 1 aromatic rings. The summed E-state index contributed by atoms with van der Waals surface area (Å²) in [6, 6.07) is 5.59. The van der Waals surface area contributed by atoms with E-state index in [9.17, 15) is 5.11 Å². The van der Waals surface area contributed by atoms with Gasteiger partial charge in [-0.3, -0.25) is 4.98 Å². The first kappa shape index (κ1) is 14.1. The lowest BCUT2D eigenvalue weighted by Gasteiger charge is -2.23. The molecular formula is C14H23NO2. The number of nitrogens with zero attached hydrogens (tertiary/aromatic N) is 1. The van der Waals surface area contributed by atoms with Crippen LogP contribution in [0.15, 0.2) is 24.4 Å². The number of hydrogen-bond donors (Lipinski definition) is 1. The molecule has 1 rings (SSSR count). The van der Waals surface area contributed by atoms with Crippen LogP contribution in [0, 0.1) is 0 Å². The van der Waals surface area contributed by atoms with E-state index in [1.54, 1.807) is 6.20 Å². The van der Waals surface area contributed by atoms with Gasteiger partial charge in [0.15, 0.2) is 0 Å². The molecule has 0 saturated carbocycles. The smallest absolute Gasteiger partial charge is 0.0960 e. The number of aromatic nitrogens is 1. The fraction of sp³-hybridized carbons (Fsp3) is 0.643. The number of rotatable bonds is 7. The first-order valence-corrected chi connectivity index (χ1v) is 6.28. The minimum Gasteiger partial charge on any atom is -0.387 e. The van der Waals surface area contributed by atoms with Gasteiger partial charge in [0.1, 0.15) is 0 Å². The van der Waals surface area contributed by atoms with E-state index in [-0.39, 0.29) is 5.60 Å². The standard InChI is InChI=1S/C14H23NO2/c1-4-14(2,3)17-11-7-9-13(16)12-8-5-6-10-15-12/h5-6,8,10,13,16H,4,7,9,11H2,1-3H3/t13-/m1/s1. The van der Waals surface area contributed by atoms with E-state index in [4.69, 9.17) is 4.74 Å². The highest BCUT2D eigenvalue weighted by Gasteiger charge is 2.15. The van der Waals surface area contributed by atoms with Gasteiger partial charge in [0.05, 0.1) is 17.4 Å². The number of aliphatic hydroxyl groups is 1. The summed E-state index contributed by atoms with van der Waals surface area (Å²) in [5, 5.41) is 9.89. The molecule has 3 nitrogen and oxygen atoms in total. The molecule has 0 aliphatic carbocycles. The van der Waals surface area contributed by atoms with Crippen LogP contribution in [0.2, 0.25) is 0 Å². The van der Waals surface area contributed by atoms with Crippen molar-refractivity contribution in [1.29, 1.82) is 0 Å². The van der Waals surface area contributed by atoms with Gasteiger partial charge in [0.25, 0.3) is 0 Å². The van der Waals surface area contributed by atoms with Crippen molar-refractivity contribution >= 4 is 0 Å². The molecule has 0 amide bonds. The zero-order valence-electron chi connectivity index (χ0n) is 11.0. The summed E-state index contributed by atoms with van der Waals surface area (Å²) in [5.74, 6) is 0. The molecule has 1 atom stereocenters. The summed E-state index contributed by atoms with van der Waals surface area (Å²) < 4.78 is 5.73. The van der Waals surface area contributed by atoms with Crippen LogP contribution in [0.25, 0.3) is 0 Å². The second-order valence-corrected chi connectivity index (χ2v) is 4.87. The molecule has 1 aromatic heterocycles. The molecule has 0 radical (unpaired) electrons. The van der Waals surface area contributed by atoms with Crippen LogP contribution in [-0.2, 0) is 4.74 Å². The molecule has 96 valence electrons. The van der Waals surface area contributed by atoms with Gasteiger partial charge >= 0.3 is 0 Å². The summed E-state index contributed by atoms with van der Waals surface area (Å²) in [6.07, 6.45) is 3.76. The fourth-order valence-corrected chi connectivity index (χ4v) is 1.45. The van der Waals surface area contributed by atoms with E-state index < -0.39 is 6.10 Å². The first-order chi connectivity index (χ1) is 8.05. The van der Waals surface area contributed by atoms with Crippen molar-refractivity contribution < 1.29 is 9.84 Å². The highest BCUT2D eigenvalue weighted by Crippen LogP contribution is 2.18. The second kappa shape index (κ2) is 6.72. The third kappa shape index (κ3) is 5.29. The number of aliphatic hydroxyl groups excluding tert-OH is 1. The molecule has 0 unspecified atom stereocenters. The molecule has 1 N–H and O–H groups in total. The number of hydrogen-bond acceptors (Lipinski definition) is 3. The Labute approximate surface area is 104 Å². The predicted molar refractivity (Wildman–Crippen MR) is 68.8 cm³/mol. The van der Waals surface area contributed by atoms with Gasteiger partial charge < -0.3 is 9.84 Å². The molecule has 0 fully saturated rings. The fourth-order valence-electron chi connectivity index (χ4n) is 1.45. The zero-order valence-corrected chi connectivity index (χ0v) is 11.0. The number of pyridine rings is 1. The van der Waals surface area contributed by atoms with E-state index >= 15 is 0 Å². The second-order valence-electron chi connectivity index (χ2n) is 4.87. The van der Waals surface area contributed by atoms with Gasteiger partial charge in [0.2, 0.25) is 0 Å². The van der Waals surface area contributed by atoms with Crippen LogP contribution in [0.1, 0.15) is 51.8 Å². The summed E-state index contributed by atoms with van der Waals surface area (Å²) >= 11 is 0. The quantitative estimate of drug-likeness (QED) is 0.741. The Morgan fingerprint density at radius 2 is 2.18 bits per heavy atom. The van der Waals surface area contributed by atoms with Crippen LogP contribution >= 0.6 is 0 Å². The predicted octanol–water partition coefficient (Wildman–Crippen LogP) is 3.10. The van der Waals surface area contributed by atoms with Gasteiger partial charge in [-0.2, -0.15) is 0 Å². The van der Waals surface area contributed by atoms with Crippen molar-refractivity contribution in [2.75, 3.05) is 6.61 Å². The van der Waals surface area contributed by atoms with Gasteiger partial charge in [0, 0.05) is 12.8 Å². The van der Waals surface area contributed by atoms with Crippen LogP contribution in [-0.4, -0.2) is 22.3 Å². The third-order valence-electron chi connectivity index (χ3n) is 3.00. The maximum Gasteiger partial charge on any atom is 0.0960 e. The molecule has 17 heavy (non-hydrogen) atoms. The largest absolute Gasteiger partial charge is 0.387 e. The monoisotopic (exact) mass is 237 g/mol. The Kier molecular flexibility index (Phi) is 5.59. The molecule has 0 aliphatic rings. The summed E-state index contributed by atoms with van der Waals surface area (Å²) in [5.41, 5.74) is 0.679. The van der Waals surface area contributed by atoms with E-state index in [2.05, 4.69) is 25.8 Å². The summed E-state index contributed by atoms with van der Waals surface area (Å²) in [4.78, 5) is 4.13. The van der Waals surface area contributed by atoms with Crippen LogP contribution in [0.3, 0.4) is 0 Å².